The maximum Gasteiger partial charge on any atom is 0.0914 e. The fourth-order valence-corrected chi connectivity index (χ4v) is 12.6. The van der Waals surface area contributed by atoms with Crippen LogP contribution in [0.3, 0.4) is 0 Å². The van der Waals surface area contributed by atoms with Crippen molar-refractivity contribution >= 4 is 29.2 Å². The van der Waals surface area contributed by atoms with E-state index in [2.05, 4.69) is 278 Å². The molecule has 4 unspecified atom stereocenters. The van der Waals surface area contributed by atoms with Crippen molar-refractivity contribution < 1.29 is 4.74 Å². The van der Waals surface area contributed by atoms with Gasteiger partial charge in [0.1, 0.15) is 0 Å². The average Bonchev–Trinajstić information content (AvgIpc) is 3.74. The Kier molecular flexibility index (Phi) is 9.82. The van der Waals surface area contributed by atoms with Gasteiger partial charge >= 0.3 is 0 Å². The van der Waals surface area contributed by atoms with Crippen LogP contribution < -0.4 is 4.90 Å². The van der Waals surface area contributed by atoms with E-state index in [1.54, 1.807) is 0 Å². The lowest BCUT2D eigenvalue weighted by atomic mass is 9.53. The standard InChI is InChI=1S/C69H49NO/c1-4-16-46(17-5-1)48-28-36-55(37-29-48)70(66-45-54(47-18-6-2-7-19-47)32-40-57(66)50-20-8-3-9-21-50)56-38-30-49(31-39-56)53-35-41-63-61(44-53)60-26-14-15-27-62(60)69(63)64-42-33-51-22-10-12-24-58(51)67(64)71-68-59-25-13-11-23-52(59)34-43-65(68)69/h1-45,64-65,67-68H. The van der Waals surface area contributed by atoms with Crippen LogP contribution >= 0.6 is 0 Å². The molecule has 1 heterocycles. The molecule has 71 heavy (non-hydrogen) atoms. The first kappa shape index (κ1) is 41.4. The van der Waals surface area contributed by atoms with Crippen molar-refractivity contribution in [3.05, 3.63) is 294 Å². The third-order valence-corrected chi connectivity index (χ3v) is 15.8. The summed E-state index contributed by atoms with van der Waals surface area (Å²) in [5, 5.41) is 0. The van der Waals surface area contributed by atoms with E-state index in [1.165, 1.54) is 83.5 Å². The lowest BCUT2D eigenvalue weighted by molar-refractivity contribution is -0.130. The minimum Gasteiger partial charge on any atom is -0.364 e. The van der Waals surface area contributed by atoms with Gasteiger partial charge in [0.15, 0.2) is 0 Å². The molecular formula is C69H49NO. The van der Waals surface area contributed by atoms with Crippen molar-refractivity contribution in [1.82, 2.24) is 0 Å². The van der Waals surface area contributed by atoms with Crippen LogP contribution in [0.15, 0.2) is 261 Å². The Morgan fingerprint density at radius 3 is 1.37 bits per heavy atom. The summed E-state index contributed by atoms with van der Waals surface area (Å²) in [4.78, 5) is 2.43. The molecule has 1 saturated heterocycles. The number of anilines is 3. The van der Waals surface area contributed by atoms with Gasteiger partial charge in [-0.25, -0.2) is 0 Å². The summed E-state index contributed by atoms with van der Waals surface area (Å²) >= 11 is 0. The van der Waals surface area contributed by atoms with Gasteiger partial charge in [0.25, 0.3) is 0 Å². The Balaban J connectivity index is 0.905. The van der Waals surface area contributed by atoms with Gasteiger partial charge in [0, 0.05) is 34.2 Å². The molecule has 0 amide bonds. The maximum absolute atomic E-state index is 7.43. The summed E-state index contributed by atoms with van der Waals surface area (Å²) in [6, 6.07) is 91.4. The van der Waals surface area contributed by atoms with Crippen LogP contribution in [0.2, 0.25) is 0 Å². The Bertz CT molecular complexity index is 3620. The van der Waals surface area contributed by atoms with Gasteiger partial charge in [0.05, 0.1) is 17.9 Å². The summed E-state index contributed by atoms with van der Waals surface area (Å²) in [5.74, 6) is 0.185. The molecule has 0 bridgehead atoms. The van der Waals surface area contributed by atoms with Crippen molar-refractivity contribution in [3.63, 3.8) is 0 Å². The second-order valence-corrected chi connectivity index (χ2v) is 19.4. The number of hydrogen-bond donors (Lipinski definition) is 0. The van der Waals surface area contributed by atoms with E-state index >= 15 is 0 Å². The first-order valence-electron chi connectivity index (χ1n) is 25.0. The van der Waals surface area contributed by atoms with Crippen LogP contribution in [0.25, 0.3) is 67.8 Å². The monoisotopic (exact) mass is 907 g/mol. The third kappa shape index (κ3) is 6.67. The molecule has 14 rings (SSSR count). The van der Waals surface area contributed by atoms with Gasteiger partial charge in [-0.05, 0) is 120 Å². The predicted octanol–water partition coefficient (Wildman–Crippen LogP) is 17.9. The molecule has 2 nitrogen and oxygen atoms in total. The third-order valence-electron chi connectivity index (χ3n) is 15.8. The molecule has 10 aromatic rings. The Labute approximate surface area is 416 Å². The highest BCUT2D eigenvalue weighted by Gasteiger charge is 2.61. The molecule has 0 aromatic heterocycles. The molecule has 336 valence electrons. The maximum atomic E-state index is 7.43. The van der Waals surface area contributed by atoms with Gasteiger partial charge in [0.2, 0.25) is 0 Å². The molecule has 0 saturated carbocycles. The van der Waals surface area contributed by atoms with Crippen molar-refractivity contribution in [3.8, 4) is 55.6 Å². The predicted molar refractivity (Wildman–Crippen MR) is 294 cm³/mol. The summed E-state index contributed by atoms with van der Waals surface area (Å²) in [7, 11) is 0. The Hall–Kier alpha value is -8.56. The average molecular weight is 908 g/mol. The molecule has 1 spiro atoms. The molecule has 4 aliphatic rings. The SMILES string of the molecule is C1=CC2C(OC3c4ccccc4C=CC3C23c2ccccc2-c2cc(-c4ccc(N(c5ccc(-c6ccccc6)cc5)c5cc(-c6ccccc6)ccc5-c5ccccc5)cc4)ccc23)c2ccccc21. The fourth-order valence-electron chi connectivity index (χ4n) is 12.6. The molecular weight excluding hydrogens is 859 g/mol. The molecule has 2 heteroatoms. The summed E-state index contributed by atoms with van der Waals surface area (Å²) in [6.07, 6.45) is 9.43. The van der Waals surface area contributed by atoms with E-state index in [0.29, 0.717) is 0 Å². The van der Waals surface area contributed by atoms with Crippen LogP contribution in [0.1, 0.15) is 45.6 Å². The van der Waals surface area contributed by atoms with E-state index in [-0.39, 0.29) is 29.5 Å². The molecule has 1 fully saturated rings. The second-order valence-electron chi connectivity index (χ2n) is 19.4. The van der Waals surface area contributed by atoms with Gasteiger partial charge in [-0.2, -0.15) is 0 Å². The molecule has 4 atom stereocenters. The smallest absolute Gasteiger partial charge is 0.0914 e. The number of benzene rings is 10. The molecule has 10 aromatic carbocycles. The van der Waals surface area contributed by atoms with E-state index in [1.807, 2.05) is 0 Å². The molecule has 1 aliphatic heterocycles. The van der Waals surface area contributed by atoms with Crippen LogP contribution in [-0.4, -0.2) is 0 Å². The number of ether oxygens (including phenoxy) is 1. The molecule has 0 radical (unpaired) electrons. The number of fused-ring (bicyclic) bond motifs is 13. The van der Waals surface area contributed by atoms with Crippen molar-refractivity contribution in [1.29, 1.82) is 0 Å². The van der Waals surface area contributed by atoms with Crippen LogP contribution in [0.5, 0.6) is 0 Å². The highest BCUT2D eigenvalue weighted by molar-refractivity contribution is 5.92. The quantitative estimate of drug-likeness (QED) is 0.158. The lowest BCUT2D eigenvalue weighted by Gasteiger charge is -2.56. The number of nitrogens with zero attached hydrogens (tertiary/aromatic N) is 1. The van der Waals surface area contributed by atoms with E-state index < -0.39 is 0 Å². The first-order valence-corrected chi connectivity index (χ1v) is 25.0. The summed E-state index contributed by atoms with van der Waals surface area (Å²) in [6.45, 7) is 0. The van der Waals surface area contributed by atoms with Crippen LogP contribution in [-0.2, 0) is 10.2 Å². The van der Waals surface area contributed by atoms with Crippen molar-refractivity contribution in [2.45, 2.75) is 17.6 Å². The zero-order valence-electron chi connectivity index (χ0n) is 39.1. The molecule has 0 N–H and O–H groups in total. The highest BCUT2D eigenvalue weighted by atomic mass is 16.5. The minimum absolute atomic E-state index is 0.0926. The first-order chi connectivity index (χ1) is 35.2. The number of rotatable bonds is 7. The van der Waals surface area contributed by atoms with Gasteiger partial charge in [-0.3, -0.25) is 0 Å². The van der Waals surface area contributed by atoms with E-state index in [9.17, 15) is 0 Å². The summed E-state index contributed by atoms with van der Waals surface area (Å²) in [5.41, 5.74) is 22.8. The topological polar surface area (TPSA) is 12.5 Å². The normalized spacial score (nSPS) is 19.7. The Morgan fingerprint density at radius 2 is 0.761 bits per heavy atom. The van der Waals surface area contributed by atoms with Gasteiger partial charge in [-0.1, -0.05) is 237 Å². The van der Waals surface area contributed by atoms with Crippen LogP contribution in [0, 0.1) is 11.8 Å². The van der Waals surface area contributed by atoms with E-state index in [4.69, 9.17) is 4.74 Å². The Morgan fingerprint density at radius 1 is 0.324 bits per heavy atom. The minimum atomic E-state index is -0.350. The van der Waals surface area contributed by atoms with Gasteiger partial charge in [-0.15, -0.1) is 0 Å². The van der Waals surface area contributed by atoms with Gasteiger partial charge < -0.3 is 9.64 Å². The zero-order valence-corrected chi connectivity index (χ0v) is 39.1. The van der Waals surface area contributed by atoms with E-state index in [0.717, 1.165) is 22.6 Å². The fraction of sp³-hybridized carbons (Fsp3) is 0.0725. The number of hydrogen-bond acceptors (Lipinski definition) is 2. The van der Waals surface area contributed by atoms with Crippen molar-refractivity contribution in [2.75, 3.05) is 4.90 Å². The lowest BCUT2D eigenvalue weighted by Crippen LogP contribution is -2.52. The van der Waals surface area contributed by atoms with Crippen molar-refractivity contribution in [2.24, 2.45) is 11.8 Å². The largest absolute Gasteiger partial charge is 0.364 e. The summed E-state index contributed by atoms with van der Waals surface area (Å²) < 4.78 is 7.43. The highest BCUT2D eigenvalue weighted by Crippen LogP contribution is 2.68. The second kappa shape index (κ2) is 16.8. The van der Waals surface area contributed by atoms with Crippen LogP contribution in [0.4, 0.5) is 17.1 Å². The zero-order chi connectivity index (χ0) is 46.9. The molecule has 3 aliphatic carbocycles.